The molecular formula is C15H16ClN3O3. The number of esters is 1. The Morgan fingerprint density at radius 1 is 1.36 bits per heavy atom. The lowest BCUT2D eigenvalue weighted by molar-refractivity contribution is -0.119. The van der Waals surface area contributed by atoms with Crippen LogP contribution < -0.4 is 5.32 Å². The summed E-state index contributed by atoms with van der Waals surface area (Å²) in [6.45, 7) is 3.37. The summed E-state index contributed by atoms with van der Waals surface area (Å²) in [4.78, 5) is 23.1. The molecule has 2 rings (SSSR count). The predicted octanol–water partition coefficient (Wildman–Crippen LogP) is 2.41. The van der Waals surface area contributed by atoms with Crippen LogP contribution >= 0.6 is 11.6 Å². The third-order valence-electron chi connectivity index (χ3n) is 2.94. The molecule has 2 N–H and O–H groups in total. The van der Waals surface area contributed by atoms with Crippen molar-refractivity contribution in [1.82, 2.24) is 15.5 Å². The van der Waals surface area contributed by atoms with E-state index in [9.17, 15) is 9.59 Å². The topological polar surface area (TPSA) is 84.1 Å². The van der Waals surface area contributed by atoms with E-state index in [1.165, 1.54) is 13.1 Å². The zero-order valence-electron chi connectivity index (χ0n) is 12.2. The van der Waals surface area contributed by atoms with Gasteiger partial charge in [0.25, 0.3) is 0 Å². The molecule has 0 fully saturated rings. The maximum Gasteiger partial charge on any atom is 0.342 e. The third kappa shape index (κ3) is 4.08. The number of ether oxygens (including phenoxy) is 1. The Morgan fingerprint density at radius 2 is 2.05 bits per heavy atom. The highest BCUT2D eigenvalue weighted by atomic mass is 35.5. The summed E-state index contributed by atoms with van der Waals surface area (Å²) >= 11 is 5.85. The van der Waals surface area contributed by atoms with Crippen LogP contribution in [-0.4, -0.2) is 34.7 Å². The molecule has 6 nitrogen and oxygen atoms in total. The number of halogens is 1. The van der Waals surface area contributed by atoms with Crippen molar-refractivity contribution in [2.45, 2.75) is 20.0 Å². The van der Waals surface area contributed by atoms with Gasteiger partial charge >= 0.3 is 5.97 Å². The van der Waals surface area contributed by atoms with Gasteiger partial charge in [-0.1, -0.05) is 23.7 Å². The highest BCUT2D eigenvalue weighted by Gasteiger charge is 2.19. The van der Waals surface area contributed by atoms with E-state index < -0.39 is 12.1 Å². The quantitative estimate of drug-likeness (QED) is 0.828. The van der Waals surface area contributed by atoms with E-state index >= 15 is 0 Å². The van der Waals surface area contributed by atoms with Crippen molar-refractivity contribution in [3.8, 4) is 11.3 Å². The first kappa shape index (κ1) is 16.0. The lowest BCUT2D eigenvalue weighted by Gasteiger charge is -2.13. The van der Waals surface area contributed by atoms with E-state index in [-0.39, 0.29) is 12.5 Å². The number of amides is 1. The van der Waals surface area contributed by atoms with E-state index in [1.54, 1.807) is 31.2 Å². The molecule has 1 aromatic carbocycles. The van der Waals surface area contributed by atoms with Gasteiger partial charge in [-0.25, -0.2) is 4.79 Å². The summed E-state index contributed by atoms with van der Waals surface area (Å²) in [5.41, 5.74) is 1.67. The molecule has 0 aliphatic heterocycles. The highest BCUT2D eigenvalue weighted by molar-refractivity contribution is 6.30. The van der Waals surface area contributed by atoms with Crippen LogP contribution in [0.3, 0.4) is 0 Å². The largest absolute Gasteiger partial charge is 0.457 e. The fraction of sp³-hybridized carbons (Fsp3) is 0.267. The number of carbonyl (C=O) groups is 2. The fourth-order valence-electron chi connectivity index (χ4n) is 1.85. The van der Waals surface area contributed by atoms with Gasteiger partial charge in [0.05, 0.1) is 18.4 Å². The zero-order chi connectivity index (χ0) is 16.1. The van der Waals surface area contributed by atoms with E-state index in [4.69, 9.17) is 16.3 Å². The fourth-order valence-corrected chi connectivity index (χ4v) is 1.98. The van der Waals surface area contributed by atoms with E-state index in [0.29, 0.717) is 16.3 Å². The molecule has 1 amide bonds. The van der Waals surface area contributed by atoms with Crippen LogP contribution in [0.4, 0.5) is 0 Å². The third-order valence-corrected chi connectivity index (χ3v) is 3.19. The van der Waals surface area contributed by atoms with Gasteiger partial charge in [0.1, 0.15) is 11.7 Å². The van der Waals surface area contributed by atoms with Crippen LogP contribution in [0.1, 0.15) is 24.2 Å². The van der Waals surface area contributed by atoms with Crippen molar-refractivity contribution in [3.05, 3.63) is 41.0 Å². The zero-order valence-corrected chi connectivity index (χ0v) is 13.0. The molecule has 0 aliphatic rings. The van der Waals surface area contributed by atoms with E-state index in [0.717, 1.165) is 5.56 Å². The van der Waals surface area contributed by atoms with Crippen molar-refractivity contribution in [1.29, 1.82) is 0 Å². The van der Waals surface area contributed by atoms with Crippen molar-refractivity contribution in [2.24, 2.45) is 0 Å². The van der Waals surface area contributed by atoms with Crippen LogP contribution in [0.2, 0.25) is 5.02 Å². The van der Waals surface area contributed by atoms with Gasteiger partial charge in [0.2, 0.25) is 5.91 Å². The van der Waals surface area contributed by atoms with Gasteiger partial charge in [-0.2, -0.15) is 5.10 Å². The van der Waals surface area contributed by atoms with Crippen molar-refractivity contribution < 1.29 is 14.3 Å². The highest BCUT2D eigenvalue weighted by Crippen LogP contribution is 2.23. The number of benzene rings is 1. The lowest BCUT2D eigenvalue weighted by atomic mass is 10.1. The first-order chi connectivity index (χ1) is 10.5. The van der Waals surface area contributed by atoms with Gasteiger partial charge in [0.15, 0.2) is 0 Å². The molecule has 7 heteroatoms. The molecule has 0 bridgehead atoms. The molecule has 0 radical (unpaired) electrons. The van der Waals surface area contributed by atoms with Gasteiger partial charge in [-0.15, -0.1) is 0 Å². The van der Waals surface area contributed by atoms with Crippen LogP contribution in [0.5, 0.6) is 0 Å². The van der Waals surface area contributed by atoms with Crippen LogP contribution in [0.15, 0.2) is 30.5 Å². The molecule has 1 unspecified atom stereocenters. The molecule has 116 valence electrons. The second kappa shape index (κ2) is 7.09. The number of aromatic nitrogens is 2. The second-order valence-corrected chi connectivity index (χ2v) is 5.26. The number of H-pyrrole nitrogens is 1. The minimum Gasteiger partial charge on any atom is -0.457 e. The SMILES string of the molecule is CC(=O)NCC(C)OC(=O)c1cn[nH]c1-c1ccc(Cl)cc1. The number of hydrogen-bond acceptors (Lipinski definition) is 4. The minimum absolute atomic E-state index is 0.173. The molecule has 22 heavy (non-hydrogen) atoms. The van der Waals surface area contributed by atoms with Crippen molar-refractivity contribution >= 4 is 23.5 Å². The normalized spacial score (nSPS) is 11.8. The smallest absolute Gasteiger partial charge is 0.342 e. The number of carbonyl (C=O) groups excluding carboxylic acids is 2. The van der Waals surface area contributed by atoms with E-state index in [2.05, 4.69) is 15.5 Å². The first-order valence-electron chi connectivity index (χ1n) is 6.72. The molecule has 0 spiro atoms. The number of nitrogens with zero attached hydrogens (tertiary/aromatic N) is 1. The number of nitrogens with one attached hydrogen (secondary N) is 2. The summed E-state index contributed by atoms with van der Waals surface area (Å²) in [5.74, 6) is -0.676. The molecule has 1 heterocycles. The number of aromatic amines is 1. The maximum absolute atomic E-state index is 12.2. The monoisotopic (exact) mass is 321 g/mol. The summed E-state index contributed by atoms with van der Waals surface area (Å²) in [6.07, 6.45) is 0.974. The van der Waals surface area contributed by atoms with Crippen LogP contribution in [0.25, 0.3) is 11.3 Å². The summed E-state index contributed by atoms with van der Waals surface area (Å²) in [7, 11) is 0. The van der Waals surface area contributed by atoms with Gasteiger partial charge < -0.3 is 10.1 Å². The summed E-state index contributed by atoms with van der Waals surface area (Å²) in [5, 5.41) is 9.88. The average molecular weight is 322 g/mol. The Kier molecular flexibility index (Phi) is 5.16. The maximum atomic E-state index is 12.2. The van der Waals surface area contributed by atoms with Gasteiger partial charge in [-0.3, -0.25) is 9.89 Å². The second-order valence-electron chi connectivity index (χ2n) is 4.82. The Morgan fingerprint density at radius 3 is 2.68 bits per heavy atom. The number of rotatable bonds is 5. The average Bonchev–Trinajstić information content (AvgIpc) is 2.95. The minimum atomic E-state index is -0.503. The van der Waals surface area contributed by atoms with Gasteiger partial charge in [0, 0.05) is 17.5 Å². The van der Waals surface area contributed by atoms with Crippen LogP contribution in [0, 0.1) is 0 Å². The Labute approximate surface area is 132 Å². The predicted molar refractivity (Wildman–Crippen MR) is 82.6 cm³/mol. The van der Waals surface area contributed by atoms with Crippen LogP contribution in [-0.2, 0) is 9.53 Å². The molecule has 1 atom stereocenters. The molecular weight excluding hydrogens is 306 g/mol. The molecule has 0 saturated carbocycles. The van der Waals surface area contributed by atoms with E-state index in [1.807, 2.05) is 0 Å². The van der Waals surface area contributed by atoms with Crippen molar-refractivity contribution in [2.75, 3.05) is 6.54 Å². The molecule has 0 saturated heterocycles. The molecule has 2 aromatic rings. The van der Waals surface area contributed by atoms with Crippen molar-refractivity contribution in [3.63, 3.8) is 0 Å². The molecule has 0 aliphatic carbocycles. The standard InChI is InChI=1S/C15H16ClN3O3/c1-9(7-17-10(2)20)22-15(21)13-8-18-19-14(13)11-3-5-12(16)6-4-11/h3-6,8-9H,7H2,1-2H3,(H,17,20)(H,18,19). The summed E-state index contributed by atoms with van der Waals surface area (Å²) < 4.78 is 5.29. The number of hydrogen-bond donors (Lipinski definition) is 2. The Balaban J connectivity index is 2.10. The first-order valence-corrected chi connectivity index (χ1v) is 7.10. The lowest BCUT2D eigenvalue weighted by Crippen LogP contribution is -2.31. The Hall–Kier alpha value is -2.34. The molecule has 1 aromatic heterocycles. The Bertz CT molecular complexity index is 667. The summed E-state index contributed by atoms with van der Waals surface area (Å²) in [6, 6.07) is 7.03. The van der Waals surface area contributed by atoms with Gasteiger partial charge in [-0.05, 0) is 19.1 Å².